The Morgan fingerprint density at radius 1 is 0.300 bits per heavy atom. The molecule has 0 heterocycles. The lowest BCUT2D eigenvalue weighted by atomic mass is 10.1. The third-order valence-corrected chi connectivity index (χ3v) is 13.2. The van der Waals surface area contributed by atoms with Crippen molar-refractivity contribution in [2.45, 2.75) is 316 Å². The Bertz CT molecular complexity index is 1260. The second kappa shape index (κ2) is 58.7. The molecule has 0 aliphatic rings. The van der Waals surface area contributed by atoms with Crippen LogP contribution in [-0.4, -0.2) is 37.2 Å². The minimum absolute atomic E-state index is 0.0806. The van der Waals surface area contributed by atoms with Gasteiger partial charge in [-0.05, 0) is 103 Å². The molecule has 6 nitrogen and oxygen atoms in total. The second-order valence-corrected chi connectivity index (χ2v) is 20.2. The lowest BCUT2D eigenvalue weighted by Gasteiger charge is -2.18. The number of carbonyl (C=O) groups excluding carboxylic acids is 3. The number of rotatable bonds is 55. The first-order chi connectivity index (χ1) is 34.5. The Labute approximate surface area is 434 Å². The minimum atomic E-state index is -0.784. The maximum Gasteiger partial charge on any atom is 0.306 e. The largest absolute Gasteiger partial charge is 0.462 e. The van der Waals surface area contributed by atoms with Gasteiger partial charge in [0.05, 0.1) is 0 Å². The SMILES string of the molecule is CC/C=C\C/C=C\C/C=C\CCCCCCCCCC(=O)OC(COC(=O)CCCCCCC/C=C\CCCCCCC)COC(=O)CCCCCCCCCCC/C=C\CCCCCCCCCC. The Morgan fingerprint density at radius 2 is 0.557 bits per heavy atom. The zero-order chi connectivity index (χ0) is 50.7. The van der Waals surface area contributed by atoms with Crippen molar-refractivity contribution in [2.75, 3.05) is 13.2 Å². The molecule has 0 bridgehead atoms. The van der Waals surface area contributed by atoms with E-state index < -0.39 is 6.10 Å². The highest BCUT2D eigenvalue weighted by atomic mass is 16.6. The van der Waals surface area contributed by atoms with Gasteiger partial charge in [-0.25, -0.2) is 0 Å². The van der Waals surface area contributed by atoms with Gasteiger partial charge in [-0.15, -0.1) is 0 Å². The van der Waals surface area contributed by atoms with E-state index in [4.69, 9.17) is 14.2 Å². The summed E-state index contributed by atoms with van der Waals surface area (Å²) in [6.45, 7) is 6.54. The quantitative estimate of drug-likeness (QED) is 0.0261. The van der Waals surface area contributed by atoms with Gasteiger partial charge in [0, 0.05) is 19.3 Å². The molecular formula is C64H114O6. The molecule has 6 heteroatoms. The van der Waals surface area contributed by atoms with Crippen molar-refractivity contribution in [3.05, 3.63) is 60.8 Å². The molecule has 0 aromatic carbocycles. The standard InChI is InChI=1S/C64H114O6/c1-4-7-10-13-16-19-22-25-28-30-31-32-33-35-36-39-42-45-48-51-54-57-63(66)69-60-61(59-68-62(65)56-53-50-47-44-41-38-27-24-21-18-15-12-9-6-3)70-64(67)58-55-52-49-46-43-40-37-34-29-26-23-20-17-14-11-8-5-2/h8,11,17,20,24,26-27,29-31,61H,4-7,9-10,12-16,18-19,21-23,25,28,32-60H2,1-3H3/b11-8-,20-17-,27-24-,29-26-,31-30-. The molecule has 0 amide bonds. The Kier molecular flexibility index (Phi) is 56.3. The maximum absolute atomic E-state index is 12.9. The number of unbranched alkanes of at least 4 members (excludes halogenated alkanes) is 34. The van der Waals surface area contributed by atoms with E-state index >= 15 is 0 Å². The minimum Gasteiger partial charge on any atom is -0.462 e. The molecule has 0 fully saturated rings. The molecule has 1 atom stereocenters. The molecular weight excluding hydrogens is 865 g/mol. The van der Waals surface area contributed by atoms with Crippen LogP contribution in [0.4, 0.5) is 0 Å². The first-order valence-electron chi connectivity index (χ1n) is 30.3. The van der Waals surface area contributed by atoms with Crippen LogP contribution in [0.3, 0.4) is 0 Å². The highest BCUT2D eigenvalue weighted by molar-refractivity contribution is 5.71. The number of hydrogen-bond acceptors (Lipinski definition) is 6. The number of carbonyl (C=O) groups is 3. The molecule has 0 rings (SSSR count). The zero-order valence-corrected chi connectivity index (χ0v) is 46.5. The highest BCUT2D eigenvalue weighted by Crippen LogP contribution is 2.16. The first-order valence-corrected chi connectivity index (χ1v) is 30.3. The summed E-state index contributed by atoms with van der Waals surface area (Å²) in [7, 11) is 0. The topological polar surface area (TPSA) is 78.9 Å². The van der Waals surface area contributed by atoms with Crippen molar-refractivity contribution in [3.63, 3.8) is 0 Å². The summed E-state index contributed by atoms with van der Waals surface area (Å²) >= 11 is 0. The van der Waals surface area contributed by atoms with Gasteiger partial charge in [0.1, 0.15) is 13.2 Å². The van der Waals surface area contributed by atoms with Gasteiger partial charge in [0.2, 0.25) is 0 Å². The molecule has 0 aromatic rings. The molecule has 0 N–H and O–H groups in total. The maximum atomic E-state index is 12.9. The van der Waals surface area contributed by atoms with E-state index in [-0.39, 0.29) is 31.1 Å². The number of hydrogen-bond donors (Lipinski definition) is 0. The van der Waals surface area contributed by atoms with Crippen LogP contribution in [0.2, 0.25) is 0 Å². The van der Waals surface area contributed by atoms with Crippen LogP contribution < -0.4 is 0 Å². The molecule has 0 spiro atoms. The van der Waals surface area contributed by atoms with Crippen molar-refractivity contribution >= 4 is 17.9 Å². The van der Waals surface area contributed by atoms with E-state index in [9.17, 15) is 14.4 Å². The molecule has 0 saturated carbocycles. The van der Waals surface area contributed by atoms with Crippen LogP contribution in [0, 0.1) is 0 Å². The van der Waals surface area contributed by atoms with Crippen LogP contribution in [-0.2, 0) is 28.6 Å². The molecule has 406 valence electrons. The van der Waals surface area contributed by atoms with Gasteiger partial charge < -0.3 is 14.2 Å². The van der Waals surface area contributed by atoms with Gasteiger partial charge >= 0.3 is 17.9 Å². The number of esters is 3. The van der Waals surface area contributed by atoms with Crippen molar-refractivity contribution in [3.8, 4) is 0 Å². The lowest BCUT2D eigenvalue weighted by Crippen LogP contribution is -2.30. The highest BCUT2D eigenvalue weighted by Gasteiger charge is 2.19. The molecule has 0 radical (unpaired) electrons. The second-order valence-electron chi connectivity index (χ2n) is 20.2. The molecule has 0 saturated heterocycles. The molecule has 1 unspecified atom stereocenters. The first kappa shape index (κ1) is 67.1. The summed E-state index contributed by atoms with van der Waals surface area (Å²) in [5, 5.41) is 0. The fourth-order valence-corrected chi connectivity index (χ4v) is 8.68. The van der Waals surface area contributed by atoms with Crippen LogP contribution >= 0.6 is 0 Å². The normalized spacial score (nSPS) is 12.4. The van der Waals surface area contributed by atoms with Crippen LogP contribution in [0.25, 0.3) is 0 Å². The lowest BCUT2D eigenvalue weighted by molar-refractivity contribution is -0.167. The van der Waals surface area contributed by atoms with Crippen molar-refractivity contribution in [1.82, 2.24) is 0 Å². The van der Waals surface area contributed by atoms with Crippen molar-refractivity contribution in [2.24, 2.45) is 0 Å². The van der Waals surface area contributed by atoms with Gasteiger partial charge in [0.15, 0.2) is 6.10 Å². The van der Waals surface area contributed by atoms with Gasteiger partial charge in [-0.1, -0.05) is 248 Å². The summed E-state index contributed by atoms with van der Waals surface area (Å²) in [4.78, 5) is 38.2. The summed E-state index contributed by atoms with van der Waals surface area (Å²) in [6, 6.07) is 0. The van der Waals surface area contributed by atoms with Crippen molar-refractivity contribution in [1.29, 1.82) is 0 Å². The van der Waals surface area contributed by atoms with E-state index in [1.807, 2.05) is 0 Å². The van der Waals surface area contributed by atoms with Gasteiger partial charge in [0.25, 0.3) is 0 Å². The average molecular weight is 980 g/mol. The summed E-state index contributed by atoms with van der Waals surface area (Å²) < 4.78 is 16.9. The summed E-state index contributed by atoms with van der Waals surface area (Å²) in [5.74, 6) is -0.888. The van der Waals surface area contributed by atoms with Crippen LogP contribution in [0.15, 0.2) is 60.8 Å². The predicted molar refractivity (Wildman–Crippen MR) is 302 cm³/mol. The van der Waals surface area contributed by atoms with Crippen molar-refractivity contribution < 1.29 is 28.6 Å². The monoisotopic (exact) mass is 979 g/mol. The van der Waals surface area contributed by atoms with E-state index in [1.165, 1.54) is 180 Å². The predicted octanol–water partition coefficient (Wildman–Crippen LogP) is 20.4. The summed E-state index contributed by atoms with van der Waals surface area (Å²) in [6.07, 6.45) is 73.6. The van der Waals surface area contributed by atoms with Gasteiger partial charge in [-0.3, -0.25) is 14.4 Å². The van der Waals surface area contributed by atoms with Crippen LogP contribution in [0.5, 0.6) is 0 Å². The zero-order valence-electron chi connectivity index (χ0n) is 46.5. The molecule has 70 heavy (non-hydrogen) atoms. The third-order valence-electron chi connectivity index (χ3n) is 13.2. The fourth-order valence-electron chi connectivity index (χ4n) is 8.68. The van der Waals surface area contributed by atoms with E-state index in [1.54, 1.807) is 0 Å². The van der Waals surface area contributed by atoms with E-state index in [0.29, 0.717) is 19.3 Å². The van der Waals surface area contributed by atoms with E-state index in [2.05, 4.69) is 81.5 Å². The number of allylic oxidation sites excluding steroid dienone is 10. The molecule has 0 aliphatic carbocycles. The third kappa shape index (κ3) is 56.0. The molecule has 0 aliphatic heterocycles. The average Bonchev–Trinajstić information content (AvgIpc) is 3.36. The Balaban J connectivity index is 4.35. The Morgan fingerprint density at radius 3 is 0.886 bits per heavy atom. The molecule has 0 aromatic heterocycles. The van der Waals surface area contributed by atoms with E-state index in [0.717, 1.165) is 89.9 Å². The Hall–Kier alpha value is -2.89. The smallest absolute Gasteiger partial charge is 0.306 e. The number of ether oxygens (including phenoxy) is 3. The fraction of sp³-hybridized carbons (Fsp3) is 0.797. The summed E-state index contributed by atoms with van der Waals surface area (Å²) in [5.41, 5.74) is 0. The van der Waals surface area contributed by atoms with Crippen LogP contribution in [0.1, 0.15) is 310 Å². The van der Waals surface area contributed by atoms with Gasteiger partial charge in [-0.2, -0.15) is 0 Å².